The molecule has 10 heteroatoms. The monoisotopic (exact) mass is 495 g/mol. The van der Waals surface area contributed by atoms with Gasteiger partial charge >= 0.3 is 0 Å². The first-order valence-corrected chi connectivity index (χ1v) is 12.3. The van der Waals surface area contributed by atoms with Gasteiger partial charge in [-0.25, -0.2) is 18.2 Å². The van der Waals surface area contributed by atoms with Crippen LogP contribution < -0.4 is 5.32 Å². The molecule has 2 aliphatic rings. The zero-order valence-corrected chi connectivity index (χ0v) is 20.0. The lowest BCUT2D eigenvalue weighted by atomic mass is 10.1. The highest BCUT2D eigenvalue weighted by molar-refractivity contribution is 5.82. The van der Waals surface area contributed by atoms with Crippen molar-refractivity contribution < 1.29 is 13.2 Å². The summed E-state index contributed by atoms with van der Waals surface area (Å²) in [5.41, 5.74) is 3.80. The van der Waals surface area contributed by atoms with Crippen LogP contribution in [0.3, 0.4) is 0 Å². The summed E-state index contributed by atoms with van der Waals surface area (Å²) in [4.78, 5) is 14.7. The van der Waals surface area contributed by atoms with E-state index in [9.17, 15) is 8.78 Å². The van der Waals surface area contributed by atoms with Crippen molar-refractivity contribution in [3.8, 4) is 11.1 Å². The number of rotatable bonds is 7. The zero-order chi connectivity index (χ0) is 24.9. The predicted octanol–water partition coefficient (Wildman–Crippen LogP) is 4.17. The van der Waals surface area contributed by atoms with E-state index in [1.165, 1.54) is 16.4 Å². The number of fused-ring (bicyclic) bond motifs is 1. The molecule has 1 aromatic carbocycles. The molecule has 1 saturated carbocycles. The summed E-state index contributed by atoms with van der Waals surface area (Å²) in [7, 11) is 0. The number of hydrogen-bond acceptors (Lipinski definition) is 5. The van der Waals surface area contributed by atoms with E-state index >= 15 is 4.39 Å². The summed E-state index contributed by atoms with van der Waals surface area (Å²) in [5.74, 6) is -3.13. The summed E-state index contributed by atoms with van der Waals surface area (Å²) < 4.78 is 43.4. The van der Waals surface area contributed by atoms with Crippen molar-refractivity contribution in [3.05, 3.63) is 65.8 Å². The highest BCUT2D eigenvalue weighted by atomic mass is 19.3. The van der Waals surface area contributed by atoms with E-state index in [4.69, 9.17) is 0 Å². The summed E-state index contributed by atoms with van der Waals surface area (Å²) in [6.07, 6.45) is 5.28. The van der Waals surface area contributed by atoms with E-state index in [-0.39, 0.29) is 24.5 Å². The second-order valence-electron chi connectivity index (χ2n) is 9.84. The van der Waals surface area contributed by atoms with Crippen molar-refractivity contribution in [2.24, 2.45) is 5.92 Å². The van der Waals surface area contributed by atoms with Crippen LogP contribution in [-0.4, -0.2) is 61.7 Å². The van der Waals surface area contributed by atoms with Crippen molar-refractivity contribution in [1.82, 2.24) is 34.9 Å². The van der Waals surface area contributed by atoms with Crippen molar-refractivity contribution in [3.63, 3.8) is 0 Å². The van der Waals surface area contributed by atoms with Gasteiger partial charge in [0.2, 0.25) is 0 Å². The van der Waals surface area contributed by atoms with Crippen molar-refractivity contribution in [2.75, 3.05) is 26.2 Å². The first-order chi connectivity index (χ1) is 17.4. The molecule has 2 N–H and O–H groups in total. The molecule has 1 saturated heterocycles. The van der Waals surface area contributed by atoms with Gasteiger partial charge in [0, 0.05) is 86.7 Å². The second-order valence-corrected chi connectivity index (χ2v) is 9.84. The second kappa shape index (κ2) is 9.01. The van der Waals surface area contributed by atoms with Gasteiger partial charge in [0.05, 0.1) is 11.7 Å². The Bertz CT molecular complexity index is 1390. The fraction of sp³-hybridized carbons (Fsp3) is 0.423. The van der Waals surface area contributed by atoms with Gasteiger partial charge in [-0.1, -0.05) is 0 Å². The molecular weight excluding hydrogens is 467 g/mol. The molecule has 1 aliphatic carbocycles. The lowest BCUT2D eigenvalue weighted by Crippen LogP contribution is -2.44. The summed E-state index contributed by atoms with van der Waals surface area (Å²) >= 11 is 0. The minimum atomic E-state index is -2.61. The molecule has 6 rings (SSSR count). The van der Waals surface area contributed by atoms with Gasteiger partial charge in [-0.15, -0.1) is 0 Å². The Morgan fingerprint density at radius 1 is 1.19 bits per heavy atom. The largest absolute Gasteiger partial charge is 0.342 e. The molecule has 188 valence electrons. The average Bonchev–Trinajstić information content (AvgIpc) is 3.22. The third-order valence-corrected chi connectivity index (χ3v) is 7.32. The fourth-order valence-corrected chi connectivity index (χ4v) is 5.00. The molecule has 36 heavy (non-hydrogen) atoms. The Kier molecular flexibility index (Phi) is 5.80. The number of pyridine rings is 1. The molecule has 0 amide bonds. The maximum atomic E-state index is 15.4. The van der Waals surface area contributed by atoms with Crippen LogP contribution in [0.2, 0.25) is 0 Å². The van der Waals surface area contributed by atoms with Crippen LogP contribution in [0.4, 0.5) is 13.2 Å². The number of H-pyrrole nitrogens is 1. The molecular formula is C26H28F3N7. The van der Waals surface area contributed by atoms with E-state index in [0.717, 1.165) is 31.9 Å². The number of alkyl halides is 2. The summed E-state index contributed by atoms with van der Waals surface area (Å²) in [6, 6.07) is 7.88. The fourth-order valence-electron chi connectivity index (χ4n) is 5.00. The van der Waals surface area contributed by atoms with Gasteiger partial charge in [-0.2, -0.15) is 5.10 Å². The van der Waals surface area contributed by atoms with Gasteiger partial charge in [0.15, 0.2) is 5.82 Å². The zero-order valence-electron chi connectivity index (χ0n) is 20.0. The highest BCUT2D eigenvalue weighted by Crippen LogP contribution is 2.49. The highest BCUT2D eigenvalue weighted by Gasteiger charge is 2.56. The lowest BCUT2D eigenvalue weighted by Gasteiger charge is -2.33. The number of imidazole rings is 1. The van der Waals surface area contributed by atoms with Gasteiger partial charge in [0.1, 0.15) is 11.3 Å². The number of aromatic nitrogens is 5. The van der Waals surface area contributed by atoms with E-state index in [1.807, 2.05) is 12.3 Å². The lowest BCUT2D eigenvalue weighted by molar-refractivity contribution is 0.0942. The van der Waals surface area contributed by atoms with E-state index in [0.29, 0.717) is 28.9 Å². The average molecular weight is 496 g/mol. The van der Waals surface area contributed by atoms with Crippen LogP contribution in [-0.2, 0) is 13.0 Å². The number of piperazine rings is 1. The Balaban J connectivity index is 1.20. The third-order valence-electron chi connectivity index (χ3n) is 7.32. The Morgan fingerprint density at radius 3 is 2.78 bits per heavy atom. The Labute approximate surface area is 206 Å². The predicted molar refractivity (Wildman–Crippen MR) is 130 cm³/mol. The van der Waals surface area contributed by atoms with E-state index < -0.39 is 17.7 Å². The molecule has 2 fully saturated rings. The number of aromatic amines is 1. The maximum absolute atomic E-state index is 15.4. The van der Waals surface area contributed by atoms with Crippen molar-refractivity contribution in [1.29, 1.82) is 0 Å². The first-order valence-electron chi connectivity index (χ1n) is 12.3. The normalized spacial score (nSPS) is 20.6. The molecule has 2 unspecified atom stereocenters. The van der Waals surface area contributed by atoms with Crippen LogP contribution in [0.15, 0.2) is 42.9 Å². The molecule has 4 aromatic rings. The summed E-state index contributed by atoms with van der Waals surface area (Å²) in [5, 5.41) is 7.53. The van der Waals surface area contributed by atoms with Crippen LogP contribution >= 0.6 is 0 Å². The third kappa shape index (κ3) is 4.51. The molecule has 4 heterocycles. The van der Waals surface area contributed by atoms with Gasteiger partial charge in [0.25, 0.3) is 5.92 Å². The minimum Gasteiger partial charge on any atom is -0.342 e. The van der Waals surface area contributed by atoms with E-state index in [1.54, 1.807) is 18.3 Å². The van der Waals surface area contributed by atoms with Crippen LogP contribution in [0, 0.1) is 11.7 Å². The molecule has 1 aliphatic heterocycles. The topological polar surface area (TPSA) is 74.7 Å². The number of nitrogens with one attached hydrogen (secondary N) is 2. The van der Waals surface area contributed by atoms with Gasteiger partial charge in [-0.05, 0) is 36.8 Å². The molecule has 0 spiro atoms. The number of benzene rings is 1. The molecule has 0 radical (unpaired) electrons. The Morgan fingerprint density at radius 2 is 2.00 bits per heavy atom. The maximum Gasteiger partial charge on any atom is 0.253 e. The quantitative estimate of drug-likeness (QED) is 0.403. The molecule has 7 nitrogen and oxygen atoms in total. The van der Waals surface area contributed by atoms with Gasteiger partial charge in [-0.3, -0.25) is 14.6 Å². The van der Waals surface area contributed by atoms with Crippen molar-refractivity contribution >= 4 is 11.0 Å². The van der Waals surface area contributed by atoms with Crippen molar-refractivity contribution in [2.45, 2.75) is 38.3 Å². The van der Waals surface area contributed by atoms with Gasteiger partial charge < -0.3 is 10.3 Å². The molecule has 2 atom stereocenters. The Hall–Kier alpha value is -3.24. The van der Waals surface area contributed by atoms with Crippen LogP contribution in [0.25, 0.3) is 22.2 Å². The first kappa shape index (κ1) is 23.2. The molecule has 0 bridgehead atoms. The minimum absolute atomic E-state index is 0.120. The smallest absolute Gasteiger partial charge is 0.253 e. The van der Waals surface area contributed by atoms with E-state index in [2.05, 4.69) is 43.3 Å². The summed E-state index contributed by atoms with van der Waals surface area (Å²) in [6.45, 7) is 6.34. The van der Waals surface area contributed by atoms with Crippen LogP contribution in [0.5, 0.6) is 0 Å². The SMILES string of the molecule is CC(c1ccnc(Cc2nc3c(F)c(-c4cnn(CC5CC5(F)F)c4)ccc3[nH]2)c1)N1CCNCC1. The number of hydrogen-bond donors (Lipinski definition) is 2. The molecule has 3 aromatic heterocycles. The number of halogens is 3. The number of nitrogens with zero attached hydrogens (tertiary/aromatic N) is 5. The standard InChI is InChI=1S/C26H28F3N7/c1-16(35-8-6-30-7-9-35)17-4-5-31-20(10-17)11-23-33-22-3-2-21(24(27)25(22)34-23)18-13-32-36(14-18)15-19-12-26(19,28)29/h2-5,10,13-14,16,19,30H,6-9,11-12,15H2,1H3,(H,33,34). The van der Waals surface area contributed by atoms with Crippen LogP contribution in [0.1, 0.15) is 36.5 Å².